The second-order valence-corrected chi connectivity index (χ2v) is 5.03. The minimum absolute atomic E-state index is 0.0273. The van der Waals surface area contributed by atoms with Gasteiger partial charge in [-0.05, 0) is 18.5 Å². The Balaban J connectivity index is 2.74. The Hall–Kier alpha value is -1.21. The van der Waals surface area contributed by atoms with Gasteiger partial charge in [0.2, 0.25) is 15.4 Å². The monoisotopic (exact) mass is 276 g/mol. The third-order valence-corrected chi connectivity index (χ3v) is 3.08. The molecule has 0 aliphatic carbocycles. The highest BCUT2D eigenvalue weighted by Crippen LogP contribution is 2.16. The first kappa shape index (κ1) is 13.9. The minimum atomic E-state index is -0.327. The maximum atomic E-state index is 12.0. The number of likely N-dealkylation sites (N-methyl/N-ethyl adjacent to an activating group) is 2. The van der Waals surface area contributed by atoms with Crippen molar-refractivity contribution in [2.24, 2.45) is 0 Å². The standard InChI is InChI=1S/C9H13ClN4O2S/c1-4-14(5-6(15)13(2)3)8(16)7-11-12-9(10)17-7/h4-5H2,1-3H3. The fourth-order valence-corrected chi connectivity index (χ4v) is 1.86. The maximum Gasteiger partial charge on any atom is 0.285 e. The summed E-state index contributed by atoms with van der Waals surface area (Å²) in [6.07, 6.45) is 0. The van der Waals surface area contributed by atoms with Gasteiger partial charge in [-0.2, -0.15) is 0 Å². The fourth-order valence-electron chi connectivity index (χ4n) is 1.06. The summed E-state index contributed by atoms with van der Waals surface area (Å²) in [6.45, 7) is 2.25. The number of amides is 2. The molecule has 94 valence electrons. The van der Waals surface area contributed by atoms with Crippen LogP contribution in [0.15, 0.2) is 0 Å². The van der Waals surface area contributed by atoms with E-state index < -0.39 is 0 Å². The zero-order valence-corrected chi connectivity index (χ0v) is 11.4. The molecule has 8 heteroatoms. The quantitative estimate of drug-likeness (QED) is 0.814. The van der Waals surface area contributed by atoms with Gasteiger partial charge in [-0.25, -0.2) is 0 Å². The van der Waals surface area contributed by atoms with E-state index in [9.17, 15) is 9.59 Å². The van der Waals surface area contributed by atoms with Crippen LogP contribution in [0.25, 0.3) is 0 Å². The van der Waals surface area contributed by atoms with Crippen LogP contribution in [0.3, 0.4) is 0 Å². The Morgan fingerprint density at radius 3 is 2.41 bits per heavy atom. The average molecular weight is 277 g/mol. The SMILES string of the molecule is CCN(CC(=O)N(C)C)C(=O)c1nnc(Cl)s1. The number of carbonyl (C=O) groups is 2. The zero-order chi connectivity index (χ0) is 13.0. The normalized spacial score (nSPS) is 10.1. The van der Waals surface area contributed by atoms with Crippen molar-refractivity contribution in [3.05, 3.63) is 9.47 Å². The topological polar surface area (TPSA) is 66.4 Å². The highest BCUT2D eigenvalue weighted by molar-refractivity contribution is 7.17. The first-order chi connectivity index (χ1) is 7.95. The average Bonchev–Trinajstić information content (AvgIpc) is 2.71. The Kier molecular flexibility index (Phi) is 4.83. The molecule has 0 aliphatic heterocycles. The first-order valence-corrected chi connectivity index (χ1v) is 6.13. The molecule has 0 aliphatic rings. The van der Waals surface area contributed by atoms with Crippen molar-refractivity contribution in [3.8, 4) is 0 Å². The van der Waals surface area contributed by atoms with Crippen molar-refractivity contribution in [1.82, 2.24) is 20.0 Å². The summed E-state index contributed by atoms with van der Waals surface area (Å²) in [5, 5.41) is 7.41. The smallest absolute Gasteiger partial charge is 0.285 e. The molecule has 1 aromatic rings. The molecule has 0 spiro atoms. The van der Waals surface area contributed by atoms with E-state index in [1.807, 2.05) is 0 Å². The third kappa shape index (κ3) is 3.64. The van der Waals surface area contributed by atoms with Gasteiger partial charge >= 0.3 is 0 Å². The van der Waals surface area contributed by atoms with Gasteiger partial charge in [0, 0.05) is 20.6 Å². The van der Waals surface area contributed by atoms with Gasteiger partial charge < -0.3 is 9.80 Å². The molecule has 0 N–H and O–H groups in total. The van der Waals surface area contributed by atoms with Gasteiger partial charge in [0.05, 0.1) is 0 Å². The second kappa shape index (κ2) is 5.92. The molecular formula is C9H13ClN4O2S. The van der Waals surface area contributed by atoms with Crippen molar-refractivity contribution in [2.45, 2.75) is 6.92 Å². The first-order valence-electron chi connectivity index (χ1n) is 4.94. The Bertz CT molecular complexity index is 421. The lowest BCUT2D eigenvalue weighted by atomic mass is 10.4. The Labute approximate surface area is 108 Å². The number of rotatable bonds is 4. The van der Waals surface area contributed by atoms with Crippen molar-refractivity contribution >= 4 is 34.8 Å². The predicted octanol–water partition coefficient (Wildman–Crippen LogP) is 0.742. The summed E-state index contributed by atoms with van der Waals surface area (Å²) >= 11 is 6.61. The van der Waals surface area contributed by atoms with Crippen molar-refractivity contribution in [3.63, 3.8) is 0 Å². The summed E-state index contributed by atoms with van der Waals surface area (Å²) in [5.74, 6) is -0.470. The largest absolute Gasteiger partial charge is 0.347 e. The number of aromatic nitrogens is 2. The van der Waals surface area contributed by atoms with Crippen molar-refractivity contribution in [2.75, 3.05) is 27.2 Å². The number of halogens is 1. The molecular weight excluding hydrogens is 264 g/mol. The zero-order valence-electron chi connectivity index (χ0n) is 9.81. The van der Waals surface area contributed by atoms with E-state index in [-0.39, 0.29) is 27.8 Å². The lowest BCUT2D eigenvalue weighted by molar-refractivity contribution is -0.129. The number of nitrogens with zero attached hydrogens (tertiary/aromatic N) is 4. The molecule has 0 saturated carbocycles. The third-order valence-electron chi connectivity index (χ3n) is 2.08. The summed E-state index contributed by atoms with van der Waals surface area (Å²) < 4.78 is 0.211. The molecule has 0 aromatic carbocycles. The molecule has 0 fully saturated rings. The predicted molar refractivity (Wildman–Crippen MR) is 65.2 cm³/mol. The van der Waals surface area contributed by atoms with Crippen LogP contribution >= 0.6 is 22.9 Å². The maximum absolute atomic E-state index is 12.0. The van der Waals surface area contributed by atoms with Gasteiger partial charge in [-0.15, -0.1) is 10.2 Å². The Morgan fingerprint density at radius 1 is 1.35 bits per heavy atom. The van der Waals surface area contributed by atoms with E-state index >= 15 is 0 Å². The molecule has 1 aromatic heterocycles. The highest BCUT2D eigenvalue weighted by atomic mass is 35.5. The second-order valence-electron chi connectivity index (χ2n) is 3.47. The van der Waals surface area contributed by atoms with Crippen molar-refractivity contribution in [1.29, 1.82) is 0 Å². The van der Waals surface area contributed by atoms with E-state index in [4.69, 9.17) is 11.6 Å². The van der Waals surface area contributed by atoms with Crippen LogP contribution in [0, 0.1) is 0 Å². The summed E-state index contributed by atoms with van der Waals surface area (Å²) in [6, 6.07) is 0. The van der Waals surface area contributed by atoms with Crippen LogP contribution in [0.4, 0.5) is 0 Å². The van der Waals surface area contributed by atoms with Gasteiger partial charge in [0.15, 0.2) is 0 Å². The van der Waals surface area contributed by atoms with Crippen LogP contribution in [0.5, 0.6) is 0 Å². The molecule has 0 radical (unpaired) electrons. The van der Waals surface area contributed by atoms with Gasteiger partial charge in [0.1, 0.15) is 6.54 Å². The van der Waals surface area contributed by atoms with E-state index in [1.54, 1.807) is 21.0 Å². The molecule has 0 unspecified atom stereocenters. The lowest BCUT2D eigenvalue weighted by Crippen LogP contribution is -2.40. The number of carbonyl (C=O) groups excluding carboxylic acids is 2. The van der Waals surface area contributed by atoms with Gasteiger partial charge in [-0.1, -0.05) is 11.3 Å². The van der Waals surface area contributed by atoms with Crippen LogP contribution in [-0.4, -0.2) is 59.0 Å². The molecule has 6 nitrogen and oxygen atoms in total. The molecule has 0 saturated heterocycles. The van der Waals surface area contributed by atoms with E-state index in [2.05, 4.69) is 10.2 Å². The summed E-state index contributed by atoms with van der Waals surface area (Å²) in [5.41, 5.74) is 0. The van der Waals surface area contributed by atoms with Gasteiger partial charge in [-0.3, -0.25) is 9.59 Å². The van der Waals surface area contributed by atoms with E-state index in [0.717, 1.165) is 11.3 Å². The van der Waals surface area contributed by atoms with Crippen LogP contribution in [-0.2, 0) is 4.79 Å². The number of hydrogen-bond donors (Lipinski definition) is 0. The van der Waals surface area contributed by atoms with E-state index in [1.165, 1.54) is 9.80 Å². The van der Waals surface area contributed by atoms with Gasteiger partial charge in [0.25, 0.3) is 5.91 Å². The van der Waals surface area contributed by atoms with Crippen LogP contribution in [0.1, 0.15) is 16.7 Å². The van der Waals surface area contributed by atoms with Crippen LogP contribution < -0.4 is 0 Å². The van der Waals surface area contributed by atoms with Crippen LogP contribution in [0.2, 0.25) is 4.47 Å². The lowest BCUT2D eigenvalue weighted by Gasteiger charge is -2.20. The molecule has 1 heterocycles. The molecule has 2 amide bonds. The minimum Gasteiger partial charge on any atom is -0.347 e. The fraction of sp³-hybridized carbons (Fsp3) is 0.556. The number of hydrogen-bond acceptors (Lipinski definition) is 5. The molecule has 0 atom stereocenters. The van der Waals surface area contributed by atoms with E-state index in [0.29, 0.717) is 6.54 Å². The Morgan fingerprint density at radius 2 is 2.00 bits per heavy atom. The summed E-state index contributed by atoms with van der Waals surface area (Å²) in [7, 11) is 3.28. The highest BCUT2D eigenvalue weighted by Gasteiger charge is 2.21. The molecule has 1 rings (SSSR count). The van der Waals surface area contributed by atoms with Crippen molar-refractivity contribution < 1.29 is 9.59 Å². The molecule has 17 heavy (non-hydrogen) atoms. The molecule has 0 bridgehead atoms. The summed E-state index contributed by atoms with van der Waals surface area (Å²) in [4.78, 5) is 26.3.